The molecule has 4 heterocycles. The van der Waals surface area contributed by atoms with Gasteiger partial charge in [-0.2, -0.15) is 10.2 Å². The van der Waals surface area contributed by atoms with Gasteiger partial charge in [-0.25, -0.2) is 19.3 Å². The average Bonchev–Trinajstić information content (AvgIpc) is 3.58. The van der Waals surface area contributed by atoms with Gasteiger partial charge >= 0.3 is 0 Å². The van der Waals surface area contributed by atoms with Crippen molar-refractivity contribution in [1.29, 1.82) is 0 Å². The van der Waals surface area contributed by atoms with Crippen molar-refractivity contribution in [3.63, 3.8) is 0 Å². The Morgan fingerprint density at radius 1 is 1.06 bits per heavy atom. The molecule has 0 amide bonds. The van der Waals surface area contributed by atoms with Gasteiger partial charge in [-0.15, -0.1) is 11.3 Å². The summed E-state index contributed by atoms with van der Waals surface area (Å²) in [6.07, 6.45) is 7.81. The van der Waals surface area contributed by atoms with E-state index < -0.39 is 0 Å². The van der Waals surface area contributed by atoms with Gasteiger partial charge in [-0.05, 0) is 55.8 Å². The maximum absolute atomic E-state index is 9.80. The van der Waals surface area contributed by atoms with Crippen LogP contribution in [0.3, 0.4) is 0 Å². The molecule has 0 bridgehead atoms. The van der Waals surface area contributed by atoms with Crippen molar-refractivity contribution in [2.24, 2.45) is 0 Å². The number of anilines is 2. The first-order chi connectivity index (χ1) is 16.1. The van der Waals surface area contributed by atoms with Crippen LogP contribution in [-0.4, -0.2) is 41.2 Å². The number of hydrogen-bond acceptors (Lipinski definition) is 7. The van der Waals surface area contributed by atoms with E-state index in [-0.39, 0.29) is 6.61 Å². The van der Waals surface area contributed by atoms with Crippen LogP contribution in [-0.2, 0) is 6.42 Å². The van der Waals surface area contributed by atoms with Crippen LogP contribution in [0.15, 0.2) is 66.6 Å². The van der Waals surface area contributed by atoms with E-state index in [1.54, 1.807) is 23.7 Å². The van der Waals surface area contributed by atoms with Crippen LogP contribution in [0, 0.1) is 13.8 Å². The number of aliphatic hydroxyl groups is 1. The lowest BCUT2D eigenvalue weighted by Crippen LogP contribution is -2.10. The van der Waals surface area contributed by atoms with Crippen molar-refractivity contribution in [1.82, 2.24) is 29.5 Å². The van der Waals surface area contributed by atoms with Crippen molar-refractivity contribution in [3.05, 3.63) is 83.4 Å². The van der Waals surface area contributed by atoms with Gasteiger partial charge in [0.05, 0.1) is 11.4 Å². The Hall–Kier alpha value is -3.82. The molecule has 5 aromatic rings. The van der Waals surface area contributed by atoms with E-state index in [0.717, 1.165) is 44.6 Å². The maximum atomic E-state index is 9.80. The summed E-state index contributed by atoms with van der Waals surface area (Å²) in [6.45, 7) is 4.01. The third-order valence-electron chi connectivity index (χ3n) is 5.31. The fraction of sp³-hybridized carbons (Fsp3) is 0.167. The first-order valence-corrected chi connectivity index (χ1v) is 11.5. The van der Waals surface area contributed by atoms with Gasteiger partial charge in [-0.3, -0.25) is 0 Å². The smallest absolute Gasteiger partial charge is 0.143 e. The van der Waals surface area contributed by atoms with Crippen molar-refractivity contribution < 1.29 is 5.11 Å². The Morgan fingerprint density at radius 2 is 1.97 bits per heavy atom. The molecule has 0 spiro atoms. The molecule has 0 aliphatic rings. The van der Waals surface area contributed by atoms with Crippen molar-refractivity contribution >= 4 is 22.8 Å². The predicted molar refractivity (Wildman–Crippen MR) is 130 cm³/mol. The molecule has 2 N–H and O–H groups in total. The number of rotatable bonds is 7. The highest BCUT2D eigenvalue weighted by Gasteiger charge is 2.16. The standard InChI is InChI=1S/C24H23N7OS/c1-16-14-18(30-10-3-8-26-30)4-5-20(16)28-23-19(7-12-32)22(15-17(2)27-23)31-11-6-21(29-31)24-25-9-13-33-24/h3-6,8-11,13-15,32H,7,12H2,1-2H3,(H,27,28). The Labute approximate surface area is 195 Å². The molecule has 0 radical (unpaired) electrons. The highest BCUT2D eigenvalue weighted by Crippen LogP contribution is 2.29. The molecule has 0 saturated carbocycles. The van der Waals surface area contributed by atoms with Gasteiger partial charge in [-0.1, -0.05) is 0 Å². The number of thiazole rings is 1. The zero-order chi connectivity index (χ0) is 22.8. The molecule has 0 atom stereocenters. The molecule has 166 valence electrons. The van der Waals surface area contributed by atoms with E-state index in [1.807, 2.05) is 71.3 Å². The van der Waals surface area contributed by atoms with E-state index in [0.29, 0.717) is 12.2 Å². The number of nitrogens with one attached hydrogen (secondary N) is 1. The van der Waals surface area contributed by atoms with E-state index in [2.05, 4.69) is 21.5 Å². The number of aromatic nitrogens is 6. The van der Waals surface area contributed by atoms with Gasteiger partial charge in [0.15, 0.2) is 0 Å². The minimum Gasteiger partial charge on any atom is -0.396 e. The lowest BCUT2D eigenvalue weighted by Gasteiger charge is -2.18. The van der Waals surface area contributed by atoms with Crippen molar-refractivity contribution in [3.8, 4) is 22.1 Å². The van der Waals surface area contributed by atoms with Crippen LogP contribution in [0.4, 0.5) is 11.5 Å². The Bertz CT molecular complexity index is 1370. The predicted octanol–water partition coefficient (Wildman–Crippen LogP) is 4.47. The minimum absolute atomic E-state index is 0.00421. The molecular formula is C24H23N7OS. The van der Waals surface area contributed by atoms with Crippen LogP contribution >= 0.6 is 11.3 Å². The molecule has 0 aliphatic heterocycles. The minimum atomic E-state index is 0.00421. The monoisotopic (exact) mass is 457 g/mol. The number of pyridine rings is 1. The normalized spacial score (nSPS) is 11.1. The van der Waals surface area contributed by atoms with Crippen molar-refractivity contribution in [2.45, 2.75) is 20.3 Å². The zero-order valence-electron chi connectivity index (χ0n) is 18.3. The van der Waals surface area contributed by atoms with E-state index in [9.17, 15) is 5.11 Å². The summed E-state index contributed by atoms with van der Waals surface area (Å²) in [5.74, 6) is 0.709. The van der Waals surface area contributed by atoms with Crippen LogP contribution in [0.1, 0.15) is 16.8 Å². The van der Waals surface area contributed by atoms with E-state index >= 15 is 0 Å². The summed E-state index contributed by atoms with van der Waals surface area (Å²) in [5, 5.41) is 25.1. The molecule has 8 nitrogen and oxygen atoms in total. The highest BCUT2D eigenvalue weighted by atomic mass is 32.1. The summed E-state index contributed by atoms with van der Waals surface area (Å²) in [5.41, 5.74) is 6.44. The fourth-order valence-electron chi connectivity index (χ4n) is 3.75. The third kappa shape index (κ3) is 4.28. The summed E-state index contributed by atoms with van der Waals surface area (Å²) < 4.78 is 3.66. The van der Waals surface area contributed by atoms with Crippen LogP contribution in [0.5, 0.6) is 0 Å². The largest absolute Gasteiger partial charge is 0.396 e. The number of nitrogens with zero attached hydrogens (tertiary/aromatic N) is 6. The van der Waals surface area contributed by atoms with Gasteiger partial charge in [0.25, 0.3) is 0 Å². The van der Waals surface area contributed by atoms with E-state index in [4.69, 9.17) is 10.1 Å². The van der Waals surface area contributed by atoms with Gasteiger partial charge in [0.2, 0.25) is 0 Å². The second-order valence-electron chi connectivity index (χ2n) is 7.64. The zero-order valence-corrected chi connectivity index (χ0v) is 19.1. The topological polar surface area (TPSA) is 93.7 Å². The molecule has 0 saturated heterocycles. The first kappa shape index (κ1) is 21.0. The molecule has 0 unspecified atom stereocenters. The molecular weight excluding hydrogens is 434 g/mol. The third-order valence-corrected chi connectivity index (χ3v) is 6.11. The Kier molecular flexibility index (Phi) is 5.72. The quantitative estimate of drug-likeness (QED) is 0.374. The highest BCUT2D eigenvalue weighted by molar-refractivity contribution is 7.13. The molecule has 33 heavy (non-hydrogen) atoms. The van der Waals surface area contributed by atoms with Gasteiger partial charge in [0, 0.05) is 60.1 Å². The Morgan fingerprint density at radius 3 is 2.70 bits per heavy atom. The summed E-state index contributed by atoms with van der Waals surface area (Å²) in [4.78, 5) is 9.10. The fourth-order valence-corrected chi connectivity index (χ4v) is 4.35. The lowest BCUT2D eigenvalue weighted by atomic mass is 10.1. The first-order valence-electron chi connectivity index (χ1n) is 10.6. The number of aryl methyl sites for hydroxylation is 2. The average molecular weight is 458 g/mol. The summed E-state index contributed by atoms with van der Waals surface area (Å²) in [7, 11) is 0. The van der Waals surface area contributed by atoms with Crippen molar-refractivity contribution in [2.75, 3.05) is 11.9 Å². The maximum Gasteiger partial charge on any atom is 0.143 e. The summed E-state index contributed by atoms with van der Waals surface area (Å²) >= 11 is 1.55. The molecule has 9 heteroatoms. The van der Waals surface area contributed by atoms with Gasteiger partial charge < -0.3 is 10.4 Å². The lowest BCUT2D eigenvalue weighted by molar-refractivity contribution is 0.299. The Balaban J connectivity index is 1.52. The summed E-state index contributed by atoms with van der Waals surface area (Å²) in [6, 6.07) is 11.9. The van der Waals surface area contributed by atoms with Crippen LogP contribution < -0.4 is 5.32 Å². The van der Waals surface area contributed by atoms with Crippen LogP contribution in [0.25, 0.3) is 22.1 Å². The second kappa shape index (κ2) is 8.97. The molecule has 4 aromatic heterocycles. The second-order valence-corrected chi connectivity index (χ2v) is 8.54. The molecule has 1 aromatic carbocycles. The molecule has 5 rings (SSSR count). The number of hydrogen-bond donors (Lipinski definition) is 2. The SMILES string of the molecule is Cc1cc(-n2ccc(-c3nccs3)n2)c(CCO)c(Nc2ccc(-n3cccn3)cc2C)n1. The molecule has 0 aliphatic carbocycles. The number of aliphatic hydroxyl groups excluding tert-OH is 1. The molecule has 0 fully saturated rings. The van der Waals surface area contributed by atoms with Crippen LogP contribution in [0.2, 0.25) is 0 Å². The van der Waals surface area contributed by atoms with E-state index in [1.165, 1.54) is 0 Å². The van der Waals surface area contributed by atoms with Gasteiger partial charge in [0.1, 0.15) is 16.5 Å². The number of benzene rings is 1.